The molecule has 0 aromatic carbocycles. The minimum atomic E-state index is -1.46. The fourth-order valence-electron chi connectivity index (χ4n) is 0.966. The SMILES string of the molecule is Cc1nnsc1C(=O)NCC[C@H](O)C(=O)O. The second-order valence-corrected chi connectivity index (χ2v) is 3.84. The van der Waals surface area contributed by atoms with Gasteiger partial charge in [0.25, 0.3) is 5.91 Å². The molecule has 0 radical (unpaired) electrons. The van der Waals surface area contributed by atoms with Crippen molar-refractivity contribution in [2.45, 2.75) is 19.4 Å². The van der Waals surface area contributed by atoms with Crippen LogP contribution in [0.3, 0.4) is 0 Å². The third-order valence-corrected chi connectivity index (χ3v) is 2.67. The number of hydrogen-bond acceptors (Lipinski definition) is 6. The molecule has 0 saturated carbocycles. The quantitative estimate of drug-likeness (QED) is 0.639. The van der Waals surface area contributed by atoms with Gasteiger partial charge in [-0.1, -0.05) is 4.49 Å². The van der Waals surface area contributed by atoms with Gasteiger partial charge < -0.3 is 15.5 Å². The van der Waals surface area contributed by atoms with Crippen molar-refractivity contribution in [3.63, 3.8) is 0 Å². The molecule has 0 aliphatic rings. The first-order chi connectivity index (χ1) is 7.52. The molecule has 3 N–H and O–H groups in total. The summed E-state index contributed by atoms with van der Waals surface area (Å²) in [6, 6.07) is 0. The van der Waals surface area contributed by atoms with Gasteiger partial charge in [0.2, 0.25) is 0 Å². The summed E-state index contributed by atoms with van der Waals surface area (Å²) in [5.74, 6) is -1.66. The van der Waals surface area contributed by atoms with Gasteiger partial charge in [0.15, 0.2) is 6.10 Å². The summed E-state index contributed by atoms with van der Waals surface area (Å²) in [6.45, 7) is 1.74. The zero-order valence-electron chi connectivity index (χ0n) is 8.51. The van der Waals surface area contributed by atoms with Gasteiger partial charge in [-0.2, -0.15) is 0 Å². The normalized spacial score (nSPS) is 12.1. The van der Waals surface area contributed by atoms with E-state index < -0.39 is 12.1 Å². The van der Waals surface area contributed by atoms with Crippen LogP contribution in [0.2, 0.25) is 0 Å². The number of rotatable bonds is 5. The molecule has 1 aromatic rings. The molecule has 1 amide bonds. The molecule has 0 saturated heterocycles. The Hall–Kier alpha value is -1.54. The Labute approximate surface area is 95.3 Å². The zero-order chi connectivity index (χ0) is 12.1. The number of carbonyl (C=O) groups excluding carboxylic acids is 1. The van der Waals surface area contributed by atoms with Gasteiger partial charge in [0, 0.05) is 13.0 Å². The summed E-state index contributed by atoms with van der Waals surface area (Å²) in [7, 11) is 0. The highest BCUT2D eigenvalue weighted by Gasteiger charge is 2.15. The van der Waals surface area contributed by atoms with Crippen LogP contribution in [0.4, 0.5) is 0 Å². The lowest BCUT2D eigenvalue weighted by Crippen LogP contribution is -2.29. The van der Waals surface area contributed by atoms with E-state index in [9.17, 15) is 9.59 Å². The summed E-state index contributed by atoms with van der Waals surface area (Å²) in [6.07, 6.45) is -1.49. The van der Waals surface area contributed by atoms with Crippen LogP contribution in [0, 0.1) is 6.92 Å². The van der Waals surface area contributed by atoms with E-state index in [2.05, 4.69) is 14.9 Å². The van der Waals surface area contributed by atoms with E-state index in [0.29, 0.717) is 10.6 Å². The molecule has 8 heteroatoms. The van der Waals surface area contributed by atoms with Crippen LogP contribution in [0.1, 0.15) is 21.8 Å². The number of aliphatic carboxylic acids is 1. The molecule has 0 bridgehead atoms. The molecule has 1 heterocycles. The van der Waals surface area contributed by atoms with Gasteiger partial charge in [-0.15, -0.1) is 5.10 Å². The number of amides is 1. The Bertz CT molecular complexity index is 392. The summed E-state index contributed by atoms with van der Waals surface area (Å²) in [5.41, 5.74) is 0.529. The van der Waals surface area contributed by atoms with E-state index in [1.165, 1.54) is 0 Å². The Kier molecular flexibility index (Phi) is 4.32. The number of carbonyl (C=O) groups is 2. The largest absolute Gasteiger partial charge is 0.479 e. The number of aryl methyl sites for hydroxylation is 1. The molecular formula is C8H11N3O4S. The number of aromatic nitrogens is 2. The molecule has 1 rings (SSSR count). The van der Waals surface area contributed by atoms with Gasteiger partial charge >= 0.3 is 5.97 Å². The van der Waals surface area contributed by atoms with Gasteiger partial charge in [-0.25, -0.2) is 4.79 Å². The highest BCUT2D eigenvalue weighted by atomic mass is 32.1. The average molecular weight is 245 g/mol. The van der Waals surface area contributed by atoms with Crippen molar-refractivity contribution in [2.75, 3.05) is 6.54 Å². The molecule has 0 fully saturated rings. The lowest BCUT2D eigenvalue weighted by molar-refractivity contribution is -0.146. The number of nitrogens with one attached hydrogen (secondary N) is 1. The molecular weight excluding hydrogens is 234 g/mol. The van der Waals surface area contributed by atoms with E-state index in [4.69, 9.17) is 10.2 Å². The molecule has 88 valence electrons. The molecule has 0 aliphatic heterocycles. The topological polar surface area (TPSA) is 112 Å². The lowest BCUT2D eigenvalue weighted by Gasteiger charge is -2.06. The van der Waals surface area contributed by atoms with Crippen LogP contribution >= 0.6 is 11.5 Å². The van der Waals surface area contributed by atoms with Crippen molar-refractivity contribution in [3.8, 4) is 0 Å². The van der Waals surface area contributed by atoms with Crippen molar-refractivity contribution in [1.29, 1.82) is 0 Å². The Morgan fingerprint density at radius 2 is 2.25 bits per heavy atom. The van der Waals surface area contributed by atoms with Crippen molar-refractivity contribution in [1.82, 2.24) is 14.9 Å². The Balaban J connectivity index is 2.37. The minimum Gasteiger partial charge on any atom is -0.479 e. The van der Waals surface area contributed by atoms with E-state index >= 15 is 0 Å². The van der Waals surface area contributed by atoms with E-state index in [0.717, 1.165) is 11.5 Å². The van der Waals surface area contributed by atoms with Crippen LogP contribution < -0.4 is 5.32 Å². The third kappa shape index (κ3) is 3.24. The van der Waals surface area contributed by atoms with E-state index in [1.807, 2.05) is 0 Å². The molecule has 1 aromatic heterocycles. The van der Waals surface area contributed by atoms with E-state index in [-0.39, 0.29) is 18.9 Å². The summed E-state index contributed by atoms with van der Waals surface area (Å²) < 4.78 is 3.60. The number of carboxylic acid groups (broad SMARTS) is 1. The van der Waals surface area contributed by atoms with Crippen LogP contribution in [0.5, 0.6) is 0 Å². The third-order valence-electron chi connectivity index (χ3n) is 1.85. The molecule has 0 aliphatic carbocycles. The average Bonchev–Trinajstić information content (AvgIpc) is 2.64. The predicted octanol–water partition coefficient (Wildman–Crippen LogP) is -0.588. The summed E-state index contributed by atoms with van der Waals surface area (Å²) >= 11 is 0.971. The maximum absolute atomic E-state index is 11.5. The highest BCUT2D eigenvalue weighted by Crippen LogP contribution is 2.08. The summed E-state index contributed by atoms with van der Waals surface area (Å²) in [4.78, 5) is 22.1. The maximum Gasteiger partial charge on any atom is 0.332 e. The van der Waals surface area contributed by atoms with Gasteiger partial charge in [-0.3, -0.25) is 4.79 Å². The van der Waals surface area contributed by atoms with Crippen molar-refractivity contribution >= 4 is 23.4 Å². The fourth-order valence-corrected chi connectivity index (χ4v) is 1.54. The molecule has 0 unspecified atom stereocenters. The van der Waals surface area contributed by atoms with Crippen LogP contribution in [-0.4, -0.2) is 44.3 Å². The predicted molar refractivity (Wildman–Crippen MR) is 55.2 cm³/mol. The molecule has 16 heavy (non-hydrogen) atoms. The van der Waals surface area contributed by atoms with Gasteiger partial charge in [-0.05, 0) is 18.5 Å². The Morgan fingerprint density at radius 1 is 1.56 bits per heavy atom. The van der Waals surface area contributed by atoms with Crippen molar-refractivity contribution < 1.29 is 19.8 Å². The van der Waals surface area contributed by atoms with E-state index in [1.54, 1.807) is 6.92 Å². The summed E-state index contributed by atoms with van der Waals surface area (Å²) in [5, 5.41) is 23.5. The number of nitrogens with zero attached hydrogens (tertiary/aromatic N) is 2. The first kappa shape index (κ1) is 12.5. The van der Waals surface area contributed by atoms with Crippen molar-refractivity contribution in [2.24, 2.45) is 0 Å². The second kappa shape index (κ2) is 5.52. The lowest BCUT2D eigenvalue weighted by atomic mass is 10.2. The van der Waals surface area contributed by atoms with Crippen LogP contribution in [0.25, 0.3) is 0 Å². The van der Waals surface area contributed by atoms with Crippen molar-refractivity contribution in [3.05, 3.63) is 10.6 Å². The van der Waals surface area contributed by atoms with Crippen LogP contribution in [-0.2, 0) is 4.79 Å². The van der Waals surface area contributed by atoms with Crippen LogP contribution in [0.15, 0.2) is 0 Å². The van der Waals surface area contributed by atoms with Gasteiger partial charge in [0.05, 0.1) is 5.69 Å². The highest BCUT2D eigenvalue weighted by molar-refractivity contribution is 7.07. The standard InChI is InChI=1S/C8H11N3O4S/c1-4-6(16-11-10-4)7(13)9-3-2-5(12)8(14)15/h5,12H,2-3H2,1H3,(H,9,13)(H,14,15)/t5-/m0/s1. The molecule has 1 atom stereocenters. The molecule has 0 spiro atoms. The monoisotopic (exact) mass is 245 g/mol. The number of aliphatic hydroxyl groups excluding tert-OH is 1. The minimum absolute atomic E-state index is 0.0354. The fraction of sp³-hybridized carbons (Fsp3) is 0.500. The first-order valence-corrected chi connectivity index (χ1v) is 5.27. The molecule has 7 nitrogen and oxygen atoms in total. The first-order valence-electron chi connectivity index (χ1n) is 4.50. The maximum atomic E-state index is 11.5. The number of carboxylic acids is 1. The zero-order valence-corrected chi connectivity index (χ0v) is 9.32. The smallest absolute Gasteiger partial charge is 0.332 e. The van der Waals surface area contributed by atoms with Gasteiger partial charge in [0.1, 0.15) is 4.88 Å². The number of aliphatic hydroxyl groups is 1. The Morgan fingerprint density at radius 3 is 2.75 bits per heavy atom. The number of hydrogen-bond donors (Lipinski definition) is 3. The second-order valence-electron chi connectivity index (χ2n) is 3.09.